The van der Waals surface area contributed by atoms with Gasteiger partial charge in [0.05, 0.1) is 0 Å². The fourth-order valence-corrected chi connectivity index (χ4v) is 0.313. The van der Waals surface area contributed by atoms with Gasteiger partial charge in [-0.2, -0.15) is 0 Å². The molecule has 0 bridgehead atoms. The van der Waals surface area contributed by atoms with Crippen molar-refractivity contribution < 1.29 is 16.5 Å². The number of nitrogens with zero attached hydrogens (tertiary/aromatic N) is 1. The molecule has 1 heterocycles. The molecule has 0 saturated carbocycles. The Morgan fingerprint density at radius 3 is 1.33 bits per heavy atom. The molecule has 0 atom stereocenters. The molecule has 1 aromatic heterocycles. The summed E-state index contributed by atoms with van der Waals surface area (Å²) in [5.41, 5.74) is 0. The summed E-state index contributed by atoms with van der Waals surface area (Å²) in [6.45, 7) is 0. The summed E-state index contributed by atoms with van der Waals surface area (Å²) in [6.07, 6.45) is 3.50. The zero-order valence-electron chi connectivity index (χ0n) is 5.65. The monoisotopic (exact) mass is 167 g/mol. The van der Waals surface area contributed by atoms with Crippen LogP contribution >= 0.6 is 0 Å². The van der Waals surface area contributed by atoms with Crippen molar-refractivity contribution in [3.05, 3.63) is 45.4 Å². The van der Waals surface area contributed by atoms with Crippen LogP contribution in [0, 0.1) is 14.9 Å². The van der Waals surface area contributed by atoms with E-state index < -0.39 is 0 Å². The fraction of sp³-hybridized carbons (Fsp3) is 0. The summed E-state index contributed by atoms with van der Waals surface area (Å²) >= 11 is 0. The van der Waals surface area contributed by atoms with Crippen LogP contribution in [0.4, 0.5) is 0 Å². The molecule has 0 N–H and O–H groups in total. The number of pyridine rings is 1. The SMILES string of the molecule is [CH3-].[CH3-].[Ni+2].c1ccncc1. The third-order valence-corrected chi connectivity index (χ3v) is 0.566. The molecule has 0 saturated heterocycles. The summed E-state index contributed by atoms with van der Waals surface area (Å²) in [6, 6.07) is 5.72. The molecule has 0 fully saturated rings. The molecule has 0 radical (unpaired) electrons. The summed E-state index contributed by atoms with van der Waals surface area (Å²) in [4.78, 5) is 3.78. The van der Waals surface area contributed by atoms with Gasteiger partial charge >= 0.3 is 16.5 Å². The molecular formula is C7H11NNi. The van der Waals surface area contributed by atoms with Gasteiger partial charge in [0.2, 0.25) is 0 Å². The van der Waals surface area contributed by atoms with Gasteiger partial charge in [-0.3, -0.25) is 4.98 Å². The summed E-state index contributed by atoms with van der Waals surface area (Å²) in [5.74, 6) is 0. The van der Waals surface area contributed by atoms with Gasteiger partial charge < -0.3 is 14.9 Å². The van der Waals surface area contributed by atoms with Gasteiger partial charge in [-0.1, -0.05) is 6.07 Å². The first-order chi connectivity index (χ1) is 3.00. The van der Waals surface area contributed by atoms with Crippen LogP contribution in [0.1, 0.15) is 0 Å². The maximum atomic E-state index is 3.78. The summed E-state index contributed by atoms with van der Waals surface area (Å²) in [5, 5.41) is 0. The van der Waals surface area contributed by atoms with E-state index in [9.17, 15) is 0 Å². The minimum Gasteiger partial charge on any atom is -0.358 e. The van der Waals surface area contributed by atoms with Crippen molar-refractivity contribution in [3.63, 3.8) is 0 Å². The van der Waals surface area contributed by atoms with Crippen molar-refractivity contribution in [1.82, 2.24) is 4.98 Å². The Morgan fingerprint density at radius 2 is 1.22 bits per heavy atom. The Bertz CT molecular complexity index is 80.8. The van der Waals surface area contributed by atoms with Crippen LogP contribution in [0.2, 0.25) is 0 Å². The summed E-state index contributed by atoms with van der Waals surface area (Å²) < 4.78 is 0. The zero-order chi connectivity index (χ0) is 4.24. The van der Waals surface area contributed by atoms with Crippen molar-refractivity contribution >= 4 is 0 Å². The Labute approximate surface area is 67.4 Å². The van der Waals surface area contributed by atoms with Crippen molar-refractivity contribution in [1.29, 1.82) is 0 Å². The molecule has 1 nitrogen and oxygen atoms in total. The van der Waals surface area contributed by atoms with E-state index in [0.29, 0.717) is 0 Å². The minimum absolute atomic E-state index is 0. The molecule has 9 heavy (non-hydrogen) atoms. The van der Waals surface area contributed by atoms with Gasteiger partial charge in [-0.25, -0.2) is 0 Å². The molecule has 0 aliphatic heterocycles. The van der Waals surface area contributed by atoms with Gasteiger partial charge in [0.1, 0.15) is 0 Å². The molecule has 54 valence electrons. The Hall–Kier alpha value is -0.356. The van der Waals surface area contributed by atoms with Crippen LogP contribution in [0.25, 0.3) is 0 Å². The quantitative estimate of drug-likeness (QED) is 0.426. The largest absolute Gasteiger partial charge is 2.00 e. The predicted molar refractivity (Wildman–Crippen MR) is 37.1 cm³/mol. The molecule has 0 aliphatic carbocycles. The third kappa shape index (κ3) is 7.64. The molecule has 1 rings (SSSR count). The van der Waals surface area contributed by atoms with Gasteiger partial charge in [-0.15, -0.1) is 0 Å². The first kappa shape index (κ1) is 15.9. The topological polar surface area (TPSA) is 12.9 Å². The normalized spacial score (nSPS) is 5.33. The van der Waals surface area contributed by atoms with Gasteiger partial charge in [0.25, 0.3) is 0 Å². The van der Waals surface area contributed by atoms with Crippen molar-refractivity contribution in [3.8, 4) is 0 Å². The van der Waals surface area contributed by atoms with Crippen LogP contribution in [-0.4, -0.2) is 4.98 Å². The molecular weight excluding hydrogens is 157 g/mol. The molecule has 0 aliphatic rings. The number of hydrogen-bond acceptors (Lipinski definition) is 1. The van der Waals surface area contributed by atoms with E-state index in [1.807, 2.05) is 18.2 Å². The van der Waals surface area contributed by atoms with E-state index in [2.05, 4.69) is 4.98 Å². The van der Waals surface area contributed by atoms with E-state index >= 15 is 0 Å². The number of aromatic nitrogens is 1. The second-order valence-corrected chi connectivity index (χ2v) is 1.02. The third-order valence-electron chi connectivity index (χ3n) is 0.566. The molecule has 0 unspecified atom stereocenters. The van der Waals surface area contributed by atoms with Crippen LogP contribution < -0.4 is 0 Å². The Balaban J connectivity index is -0.000000120. The second-order valence-electron chi connectivity index (χ2n) is 1.02. The zero-order valence-corrected chi connectivity index (χ0v) is 6.64. The van der Waals surface area contributed by atoms with Gasteiger partial charge in [-0.05, 0) is 12.1 Å². The van der Waals surface area contributed by atoms with Gasteiger partial charge in [0.15, 0.2) is 0 Å². The summed E-state index contributed by atoms with van der Waals surface area (Å²) in [7, 11) is 0. The van der Waals surface area contributed by atoms with E-state index in [0.717, 1.165) is 0 Å². The fourth-order valence-electron chi connectivity index (χ4n) is 0.313. The number of hydrogen-bond donors (Lipinski definition) is 0. The molecule has 0 aromatic carbocycles. The van der Waals surface area contributed by atoms with Crippen molar-refractivity contribution in [2.24, 2.45) is 0 Å². The molecule has 0 amide bonds. The van der Waals surface area contributed by atoms with E-state index in [4.69, 9.17) is 0 Å². The predicted octanol–water partition coefficient (Wildman–Crippen LogP) is 1.98. The first-order valence-electron chi connectivity index (χ1n) is 1.85. The molecule has 2 heteroatoms. The van der Waals surface area contributed by atoms with E-state index in [1.54, 1.807) is 12.4 Å². The molecule has 1 aromatic rings. The van der Waals surface area contributed by atoms with Crippen molar-refractivity contribution in [2.45, 2.75) is 0 Å². The van der Waals surface area contributed by atoms with Crippen LogP contribution in [0.5, 0.6) is 0 Å². The number of rotatable bonds is 0. The maximum Gasteiger partial charge on any atom is 2.00 e. The second kappa shape index (κ2) is 10.6. The average Bonchev–Trinajstić information content (AvgIpc) is 1.72. The van der Waals surface area contributed by atoms with E-state index in [-0.39, 0.29) is 31.3 Å². The Kier molecular flexibility index (Phi) is 18.7. The molecule has 0 spiro atoms. The minimum atomic E-state index is 0. The van der Waals surface area contributed by atoms with Crippen LogP contribution in [-0.2, 0) is 16.5 Å². The Morgan fingerprint density at radius 1 is 0.778 bits per heavy atom. The van der Waals surface area contributed by atoms with Crippen LogP contribution in [0.3, 0.4) is 0 Å². The van der Waals surface area contributed by atoms with Crippen LogP contribution in [0.15, 0.2) is 30.6 Å². The first-order valence-corrected chi connectivity index (χ1v) is 1.85. The standard InChI is InChI=1S/C5H5N.2CH3.Ni/c1-2-4-6-5-3-1;;;/h1-5H;2*1H3;/q;2*-1;+2. The van der Waals surface area contributed by atoms with Crippen molar-refractivity contribution in [2.75, 3.05) is 0 Å². The average molecular weight is 168 g/mol. The smallest absolute Gasteiger partial charge is 0.358 e. The maximum absolute atomic E-state index is 3.78. The van der Waals surface area contributed by atoms with Gasteiger partial charge in [0, 0.05) is 12.4 Å². The van der Waals surface area contributed by atoms with E-state index in [1.165, 1.54) is 0 Å².